The van der Waals surface area contributed by atoms with Crippen molar-refractivity contribution in [2.45, 2.75) is 51.5 Å². The summed E-state index contributed by atoms with van der Waals surface area (Å²) in [5.41, 5.74) is 0. The van der Waals surface area contributed by atoms with E-state index in [2.05, 4.69) is 28.7 Å². The molecule has 5 nitrogen and oxygen atoms in total. The van der Waals surface area contributed by atoms with E-state index in [-0.39, 0.29) is 11.7 Å². The van der Waals surface area contributed by atoms with Gasteiger partial charge >= 0.3 is 0 Å². The Morgan fingerprint density at radius 1 is 1.53 bits per heavy atom. The van der Waals surface area contributed by atoms with Crippen molar-refractivity contribution in [2.24, 2.45) is 0 Å². The maximum atomic E-state index is 12.5. The summed E-state index contributed by atoms with van der Waals surface area (Å²) in [4.78, 5) is 18.6. The minimum absolute atomic E-state index is 0.0783. The third-order valence-electron chi connectivity index (χ3n) is 3.56. The molecule has 19 heavy (non-hydrogen) atoms. The van der Waals surface area contributed by atoms with Crippen LogP contribution in [0, 0.1) is 0 Å². The number of rotatable bonds is 6. The molecule has 1 aromatic rings. The molecular weight excluding hydrogens is 240 g/mol. The number of carbonyl (C=O) groups excluding carboxylic acids is 1. The molecule has 1 aromatic heterocycles. The molecule has 0 radical (unpaired) electrons. The standard InChI is InChI=1S/C14H22N4O/c1-3-7-12-15-13(17-16-12)14(19)18(10-4-2)11-8-5-6-9-11/h4,11H,2-3,5-10H2,1H3,(H,15,16,17). The summed E-state index contributed by atoms with van der Waals surface area (Å²) in [5.74, 6) is 0.999. The topological polar surface area (TPSA) is 61.9 Å². The van der Waals surface area contributed by atoms with Gasteiger partial charge in [0.1, 0.15) is 5.82 Å². The van der Waals surface area contributed by atoms with E-state index in [1.165, 1.54) is 12.8 Å². The number of aromatic amines is 1. The van der Waals surface area contributed by atoms with E-state index in [0.717, 1.165) is 31.5 Å². The highest BCUT2D eigenvalue weighted by atomic mass is 16.2. The van der Waals surface area contributed by atoms with Crippen LogP contribution in [0.1, 0.15) is 55.5 Å². The van der Waals surface area contributed by atoms with Crippen molar-refractivity contribution in [1.29, 1.82) is 0 Å². The maximum absolute atomic E-state index is 12.5. The molecule has 5 heteroatoms. The zero-order valence-corrected chi connectivity index (χ0v) is 11.6. The first-order valence-electron chi connectivity index (χ1n) is 7.09. The Morgan fingerprint density at radius 2 is 2.26 bits per heavy atom. The largest absolute Gasteiger partial charge is 0.329 e. The summed E-state index contributed by atoms with van der Waals surface area (Å²) in [5, 5.41) is 6.89. The molecule has 2 rings (SSSR count). The smallest absolute Gasteiger partial charge is 0.294 e. The number of nitrogens with zero attached hydrogens (tertiary/aromatic N) is 3. The third-order valence-corrected chi connectivity index (χ3v) is 3.56. The molecule has 0 bridgehead atoms. The van der Waals surface area contributed by atoms with Crippen LogP contribution >= 0.6 is 0 Å². The van der Waals surface area contributed by atoms with Crippen molar-refractivity contribution in [3.63, 3.8) is 0 Å². The van der Waals surface area contributed by atoms with Gasteiger partial charge in [-0.2, -0.15) is 0 Å². The van der Waals surface area contributed by atoms with Gasteiger partial charge in [-0.05, 0) is 19.3 Å². The van der Waals surface area contributed by atoms with Crippen LogP contribution in [0.5, 0.6) is 0 Å². The van der Waals surface area contributed by atoms with Crippen molar-refractivity contribution < 1.29 is 4.79 Å². The van der Waals surface area contributed by atoms with Crippen molar-refractivity contribution in [3.05, 3.63) is 24.3 Å². The lowest BCUT2D eigenvalue weighted by molar-refractivity contribution is 0.0694. The predicted octanol–water partition coefficient (Wildman–Crippen LogP) is 2.33. The van der Waals surface area contributed by atoms with Gasteiger partial charge in [-0.1, -0.05) is 25.8 Å². The molecular formula is C14H22N4O. The molecule has 1 heterocycles. The van der Waals surface area contributed by atoms with Gasteiger partial charge in [-0.15, -0.1) is 11.7 Å². The Kier molecular flexibility index (Phi) is 4.71. The Morgan fingerprint density at radius 3 is 2.89 bits per heavy atom. The van der Waals surface area contributed by atoms with Crippen LogP contribution in [0.25, 0.3) is 0 Å². The minimum atomic E-state index is -0.0783. The van der Waals surface area contributed by atoms with E-state index in [1.807, 2.05) is 4.90 Å². The number of aryl methyl sites for hydroxylation is 1. The summed E-state index contributed by atoms with van der Waals surface area (Å²) in [6.45, 7) is 6.39. The van der Waals surface area contributed by atoms with E-state index in [0.29, 0.717) is 12.6 Å². The Bertz CT molecular complexity index is 434. The molecule has 1 fully saturated rings. The predicted molar refractivity (Wildman–Crippen MR) is 73.9 cm³/mol. The molecule has 0 aromatic carbocycles. The lowest BCUT2D eigenvalue weighted by Crippen LogP contribution is -2.39. The van der Waals surface area contributed by atoms with Gasteiger partial charge in [-0.3, -0.25) is 9.89 Å². The zero-order chi connectivity index (χ0) is 13.7. The molecule has 1 aliphatic rings. The lowest BCUT2D eigenvalue weighted by atomic mass is 10.2. The number of amides is 1. The fourth-order valence-electron chi connectivity index (χ4n) is 2.62. The molecule has 0 atom stereocenters. The molecule has 1 amide bonds. The van der Waals surface area contributed by atoms with Crippen molar-refractivity contribution in [1.82, 2.24) is 20.1 Å². The average Bonchev–Trinajstić information content (AvgIpc) is 3.06. The van der Waals surface area contributed by atoms with Crippen LogP contribution in [0.4, 0.5) is 0 Å². The van der Waals surface area contributed by atoms with Crippen molar-refractivity contribution in [2.75, 3.05) is 6.54 Å². The van der Waals surface area contributed by atoms with Gasteiger partial charge in [0.15, 0.2) is 0 Å². The molecule has 0 aliphatic heterocycles. The highest BCUT2D eigenvalue weighted by Crippen LogP contribution is 2.24. The van der Waals surface area contributed by atoms with Crippen LogP contribution in [-0.4, -0.2) is 38.6 Å². The van der Waals surface area contributed by atoms with Gasteiger partial charge in [0.05, 0.1) is 0 Å². The van der Waals surface area contributed by atoms with Gasteiger partial charge in [0.2, 0.25) is 5.82 Å². The first-order valence-corrected chi connectivity index (χ1v) is 7.09. The lowest BCUT2D eigenvalue weighted by Gasteiger charge is -2.26. The monoisotopic (exact) mass is 262 g/mol. The molecule has 0 spiro atoms. The first-order chi connectivity index (χ1) is 9.26. The fourth-order valence-corrected chi connectivity index (χ4v) is 2.62. The van der Waals surface area contributed by atoms with E-state index in [4.69, 9.17) is 0 Å². The number of aromatic nitrogens is 3. The van der Waals surface area contributed by atoms with E-state index < -0.39 is 0 Å². The molecule has 1 N–H and O–H groups in total. The SMILES string of the molecule is C=CCN(C(=O)c1n[nH]c(CCC)n1)C1CCCC1. The Balaban J connectivity index is 2.10. The van der Waals surface area contributed by atoms with Gasteiger partial charge in [0.25, 0.3) is 5.91 Å². The third kappa shape index (κ3) is 3.22. The van der Waals surface area contributed by atoms with Gasteiger partial charge in [0, 0.05) is 19.0 Å². The normalized spacial score (nSPS) is 15.6. The van der Waals surface area contributed by atoms with Crippen LogP contribution < -0.4 is 0 Å². The second-order valence-corrected chi connectivity index (χ2v) is 5.04. The van der Waals surface area contributed by atoms with Crippen molar-refractivity contribution >= 4 is 5.91 Å². The second-order valence-electron chi connectivity index (χ2n) is 5.04. The molecule has 1 aliphatic carbocycles. The molecule has 0 saturated heterocycles. The van der Waals surface area contributed by atoms with Crippen molar-refractivity contribution in [3.8, 4) is 0 Å². The van der Waals surface area contributed by atoms with E-state index in [1.54, 1.807) is 6.08 Å². The van der Waals surface area contributed by atoms with Crippen LogP contribution in [0.3, 0.4) is 0 Å². The fraction of sp³-hybridized carbons (Fsp3) is 0.643. The maximum Gasteiger partial charge on any atom is 0.294 e. The van der Waals surface area contributed by atoms with Gasteiger partial charge < -0.3 is 4.90 Å². The van der Waals surface area contributed by atoms with Crippen LogP contribution in [-0.2, 0) is 6.42 Å². The van der Waals surface area contributed by atoms with Gasteiger partial charge in [-0.25, -0.2) is 4.98 Å². The first kappa shape index (κ1) is 13.8. The quantitative estimate of drug-likeness (QED) is 0.800. The van der Waals surface area contributed by atoms with E-state index >= 15 is 0 Å². The Hall–Kier alpha value is -1.65. The number of hydrogen-bond acceptors (Lipinski definition) is 3. The highest BCUT2D eigenvalue weighted by Gasteiger charge is 2.28. The highest BCUT2D eigenvalue weighted by molar-refractivity contribution is 5.90. The van der Waals surface area contributed by atoms with Crippen LogP contribution in [0.2, 0.25) is 0 Å². The summed E-state index contributed by atoms with van der Waals surface area (Å²) in [6, 6.07) is 0.318. The molecule has 1 saturated carbocycles. The summed E-state index contributed by atoms with van der Waals surface area (Å²) in [7, 11) is 0. The Labute approximate surface area is 114 Å². The average molecular weight is 262 g/mol. The zero-order valence-electron chi connectivity index (χ0n) is 11.6. The number of nitrogens with one attached hydrogen (secondary N) is 1. The number of H-pyrrole nitrogens is 1. The minimum Gasteiger partial charge on any atom is -0.329 e. The van der Waals surface area contributed by atoms with E-state index in [9.17, 15) is 4.79 Å². The summed E-state index contributed by atoms with van der Waals surface area (Å²) in [6.07, 6.45) is 8.13. The second kappa shape index (κ2) is 6.50. The summed E-state index contributed by atoms with van der Waals surface area (Å²) >= 11 is 0. The number of hydrogen-bond donors (Lipinski definition) is 1. The summed E-state index contributed by atoms with van der Waals surface area (Å²) < 4.78 is 0. The number of carbonyl (C=O) groups is 1. The molecule has 104 valence electrons. The molecule has 0 unspecified atom stereocenters. The van der Waals surface area contributed by atoms with Crippen LogP contribution in [0.15, 0.2) is 12.7 Å².